The molecule has 0 saturated carbocycles. The van der Waals surface area contributed by atoms with Crippen molar-refractivity contribution in [1.82, 2.24) is 5.32 Å². The third-order valence-electron chi connectivity index (χ3n) is 3.39. The van der Waals surface area contributed by atoms with E-state index in [4.69, 9.17) is 0 Å². The molecule has 5 nitrogen and oxygen atoms in total. The molecule has 2 aromatic rings. The number of benzene rings is 2. The number of hydrogen-bond acceptors (Lipinski definition) is 3. The summed E-state index contributed by atoms with van der Waals surface area (Å²) in [6, 6.07) is 12.2. The van der Waals surface area contributed by atoms with E-state index in [-0.39, 0.29) is 17.0 Å². The number of carbonyl (C=O) groups is 1. The molecule has 0 heterocycles. The largest absolute Gasteiger partial charge is 0.405 e. The van der Waals surface area contributed by atoms with Crippen LogP contribution in [-0.4, -0.2) is 27.0 Å². The number of anilines is 1. The van der Waals surface area contributed by atoms with Crippen LogP contribution in [0.25, 0.3) is 0 Å². The van der Waals surface area contributed by atoms with Gasteiger partial charge in [-0.25, -0.2) is 8.42 Å². The van der Waals surface area contributed by atoms with E-state index < -0.39 is 28.7 Å². The number of amides is 1. The number of sulfonamides is 1. The molecule has 0 spiro atoms. The van der Waals surface area contributed by atoms with E-state index in [9.17, 15) is 26.4 Å². The summed E-state index contributed by atoms with van der Waals surface area (Å²) in [5.74, 6) is -0.768. The lowest BCUT2D eigenvalue weighted by atomic mass is 10.1. The van der Waals surface area contributed by atoms with Gasteiger partial charge in [0.15, 0.2) is 0 Å². The van der Waals surface area contributed by atoms with Crippen LogP contribution in [0, 0.1) is 6.92 Å². The maximum Gasteiger partial charge on any atom is 0.405 e. The lowest BCUT2D eigenvalue weighted by molar-refractivity contribution is -0.138. The molecule has 0 aromatic heterocycles. The minimum absolute atomic E-state index is 0.110. The van der Waals surface area contributed by atoms with Crippen molar-refractivity contribution >= 4 is 21.6 Å². The Morgan fingerprint density at radius 2 is 1.58 bits per heavy atom. The highest BCUT2D eigenvalue weighted by atomic mass is 32.2. The highest BCUT2D eigenvalue weighted by Gasteiger charge is 2.27. The standard InChI is InChI=1S/C17H17F3N2O3S/c1-12-2-8-15(9-3-12)26(24,25)22-14-6-4-13(5-7-14)10-16(23)21-11-17(18,19)20/h2-9,22H,10-11H2,1H3,(H,21,23). The van der Waals surface area contributed by atoms with Gasteiger partial charge < -0.3 is 5.32 Å². The van der Waals surface area contributed by atoms with Gasteiger partial charge in [0, 0.05) is 5.69 Å². The van der Waals surface area contributed by atoms with Gasteiger partial charge in [-0.3, -0.25) is 9.52 Å². The molecule has 0 aliphatic rings. The van der Waals surface area contributed by atoms with E-state index in [0.717, 1.165) is 5.56 Å². The maximum atomic E-state index is 12.3. The molecule has 9 heteroatoms. The summed E-state index contributed by atoms with van der Waals surface area (Å²) in [5.41, 5.74) is 1.67. The van der Waals surface area contributed by atoms with Crippen LogP contribution < -0.4 is 10.0 Å². The van der Waals surface area contributed by atoms with Gasteiger partial charge in [0.05, 0.1) is 11.3 Å². The summed E-state index contributed by atoms with van der Waals surface area (Å²) in [4.78, 5) is 11.6. The molecule has 2 N–H and O–H groups in total. The van der Waals surface area contributed by atoms with E-state index in [1.807, 2.05) is 6.92 Å². The fraction of sp³-hybridized carbons (Fsp3) is 0.235. The molecule has 0 saturated heterocycles. The van der Waals surface area contributed by atoms with Gasteiger partial charge in [0.2, 0.25) is 5.91 Å². The molecule has 2 rings (SSSR count). The van der Waals surface area contributed by atoms with Crippen LogP contribution >= 0.6 is 0 Å². The molecule has 0 bridgehead atoms. The summed E-state index contributed by atoms with van der Waals surface area (Å²) in [6.45, 7) is 0.452. The monoisotopic (exact) mass is 386 g/mol. The SMILES string of the molecule is Cc1ccc(S(=O)(=O)Nc2ccc(CC(=O)NCC(F)(F)F)cc2)cc1. The van der Waals surface area contributed by atoms with Crippen LogP contribution in [0.5, 0.6) is 0 Å². The van der Waals surface area contributed by atoms with Gasteiger partial charge in [-0.05, 0) is 36.8 Å². The first-order valence-corrected chi connectivity index (χ1v) is 9.05. The quantitative estimate of drug-likeness (QED) is 0.801. The van der Waals surface area contributed by atoms with Crippen molar-refractivity contribution in [3.63, 3.8) is 0 Å². The van der Waals surface area contributed by atoms with Gasteiger partial charge in [-0.15, -0.1) is 0 Å². The smallest absolute Gasteiger partial charge is 0.347 e. The molecule has 0 atom stereocenters. The van der Waals surface area contributed by atoms with Gasteiger partial charge in [0.1, 0.15) is 6.54 Å². The third-order valence-corrected chi connectivity index (χ3v) is 4.79. The highest BCUT2D eigenvalue weighted by Crippen LogP contribution is 2.17. The Bertz CT molecular complexity index is 862. The second-order valence-corrected chi connectivity index (χ2v) is 7.37. The predicted molar refractivity (Wildman–Crippen MR) is 91.2 cm³/mol. The first kappa shape index (κ1) is 19.8. The summed E-state index contributed by atoms with van der Waals surface area (Å²) in [6.07, 6.45) is -4.70. The van der Waals surface area contributed by atoms with E-state index in [2.05, 4.69) is 4.72 Å². The zero-order valence-electron chi connectivity index (χ0n) is 13.8. The lowest BCUT2D eigenvalue weighted by Gasteiger charge is -2.10. The Kier molecular flexibility index (Phi) is 5.91. The van der Waals surface area contributed by atoms with Crippen LogP contribution in [-0.2, 0) is 21.2 Å². The average Bonchev–Trinajstić information content (AvgIpc) is 2.54. The fourth-order valence-electron chi connectivity index (χ4n) is 2.07. The first-order chi connectivity index (χ1) is 12.0. The number of carbonyl (C=O) groups excluding carboxylic acids is 1. The molecule has 0 aliphatic heterocycles. The van der Waals surface area contributed by atoms with Crippen LogP contribution in [0.2, 0.25) is 0 Å². The fourth-order valence-corrected chi connectivity index (χ4v) is 3.13. The van der Waals surface area contributed by atoms with Crippen molar-refractivity contribution in [2.24, 2.45) is 0 Å². The first-order valence-electron chi connectivity index (χ1n) is 7.57. The number of nitrogens with one attached hydrogen (secondary N) is 2. The van der Waals surface area contributed by atoms with E-state index in [1.54, 1.807) is 17.4 Å². The Morgan fingerprint density at radius 3 is 2.12 bits per heavy atom. The molecule has 0 fully saturated rings. The van der Waals surface area contributed by atoms with Gasteiger partial charge in [0.25, 0.3) is 10.0 Å². The van der Waals surface area contributed by atoms with Crippen molar-refractivity contribution in [1.29, 1.82) is 0 Å². The Morgan fingerprint density at radius 1 is 1.00 bits per heavy atom. The summed E-state index contributed by atoms with van der Waals surface area (Å²) in [5, 5.41) is 1.77. The van der Waals surface area contributed by atoms with Gasteiger partial charge >= 0.3 is 6.18 Å². The van der Waals surface area contributed by atoms with Crippen molar-refractivity contribution < 1.29 is 26.4 Å². The molecule has 1 amide bonds. The Labute approximate surface area is 149 Å². The number of rotatable bonds is 6. The minimum Gasteiger partial charge on any atom is -0.347 e. The molecule has 26 heavy (non-hydrogen) atoms. The summed E-state index contributed by atoms with van der Waals surface area (Å²) in [7, 11) is -3.75. The number of aryl methyl sites for hydroxylation is 1. The molecule has 0 radical (unpaired) electrons. The molecular formula is C17H17F3N2O3S. The predicted octanol–water partition coefficient (Wildman–Crippen LogP) is 3.02. The highest BCUT2D eigenvalue weighted by molar-refractivity contribution is 7.92. The Balaban J connectivity index is 1.99. The van der Waals surface area contributed by atoms with E-state index >= 15 is 0 Å². The van der Waals surface area contributed by atoms with Gasteiger partial charge in [-0.1, -0.05) is 29.8 Å². The average molecular weight is 386 g/mol. The van der Waals surface area contributed by atoms with E-state index in [0.29, 0.717) is 5.56 Å². The number of alkyl halides is 3. The normalized spacial score (nSPS) is 11.8. The zero-order chi connectivity index (χ0) is 19.4. The van der Waals surface area contributed by atoms with Crippen molar-refractivity contribution in [2.75, 3.05) is 11.3 Å². The molecule has 140 valence electrons. The molecule has 2 aromatic carbocycles. The van der Waals surface area contributed by atoms with Crippen molar-refractivity contribution in [3.8, 4) is 0 Å². The summed E-state index contributed by atoms with van der Waals surface area (Å²) < 4.78 is 63.1. The molecule has 0 unspecified atom stereocenters. The minimum atomic E-state index is -4.46. The third kappa shape index (κ3) is 6.07. The van der Waals surface area contributed by atoms with Crippen molar-refractivity contribution in [2.45, 2.75) is 24.4 Å². The summed E-state index contributed by atoms with van der Waals surface area (Å²) >= 11 is 0. The molecule has 0 aliphatic carbocycles. The second kappa shape index (κ2) is 7.77. The maximum absolute atomic E-state index is 12.3. The van der Waals surface area contributed by atoms with Crippen LogP contribution in [0.3, 0.4) is 0 Å². The van der Waals surface area contributed by atoms with Crippen LogP contribution in [0.15, 0.2) is 53.4 Å². The second-order valence-electron chi connectivity index (χ2n) is 5.68. The zero-order valence-corrected chi connectivity index (χ0v) is 14.6. The van der Waals surface area contributed by atoms with Gasteiger partial charge in [-0.2, -0.15) is 13.2 Å². The Hall–Kier alpha value is -2.55. The molecular weight excluding hydrogens is 369 g/mol. The number of hydrogen-bond donors (Lipinski definition) is 2. The van der Waals surface area contributed by atoms with Crippen molar-refractivity contribution in [3.05, 3.63) is 59.7 Å². The topological polar surface area (TPSA) is 75.3 Å². The van der Waals surface area contributed by atoms with Crippen LogP contribution in [0.4, 0.5) is 18.9 Å². The van der Waals surface area contributed by atoms with E-state index in [1.165, 1.54) is 36.4 Å². The van der Waals surface area contributed by atoms with Crippen LogP contribution in [0.1, 0.15) is 11.1 Å². The lowest BCUT2D eigenvalue weighted by Crippen LogP contribution is -2.34. The number of halogens is 3.